The van der Waals surface area contributed by atoms with Crippen molar-refractivity contribution in [2.75, 3.05) is 6.16 Å². The van der Waals surface area contributed by atoms with Gasteiger partial charge in [-0.1, -0.05) is 0 Å². The predicted molar refractivity (Wildman–Crippen MR) is 163 cm³/mol. The Morgan fingerprint density at radius 2 is 1.28 bits per heavy atom. The Balaban J connectivity index is 1.84. The third-order valence-electron chi connectivity index (χ3n) is 7.71. The zero-order valence-corrected chi connectivity index (χ0v) is 24.2. The summed E-state index contributed by atoms with van der Waals surface area (Å²) in [6, 6.07) is 32.6. The summed E-state index contributed by atoms with van der Waals surface area (Å²) in [7, 11) is 0. The van der Waals surface area contributed by atoms with E-state index < -0.39 is 10.7 Å². The van der Waals surface area contributed by atoms with Gasteiger partial charge in [-0.3, -0.25) is 0 Å². The Morgan fingerprint density at radius 3 is 1.72 bits per heavy atom. The van der Waals surface area contributed by atoms with E-state index in [1.165, 1.54) is 27.1 Å². The molecule has 0 N–H and O–H groups in total. The van der Waals surface area contributed by atoms with E-state index in [-0.39, 0.29) is 0 Å². The van der Waals surface area contributed by atoms with Crippen molar-refractivity contribution in [3.63, 3.8) is 0 Å². The number of carbonyl (C=O) groups excluding carboxylic acids is 1. The molecule has 36 heavy (non-hydrogen) atoms. The molecule has 186 valence electrons. The van der Waals surface area contributed by atoms with Gasteiger partial charge in [0.15, 0.2) is 0 Å². The standard InChI is InChI=1S/C33H36BrOP/c1-26(20-22-31-27(2)21-23-32(35)33(31,3)4)24-25-36(34,28-14-8-5-9-15-28,29-16-10-6-11-17-29)30-18-12-7-13-19-30/h5-20,22,24H,21,23,25H2,1-4H3/b22-20+,26-24+. The van der Waals surface area contributed by atoms with Gasteiger partial charge in [-0.05, 0) is 0 Å². The molecule has 3 aromatic carbocycles. The van der Waals surface area contributed by atoms with Crippen LogP contribution in [0.4, 0.5) is 0 Å². The Bertz CT molecular complexity index is 1220. The first kappa shape index (κ1) is 26.5. The second-order valence-electron chi connectivity index (χ2n) is 10.4. The monoisotopic (exact) mass is 558 g/mol. The third kappa shape index (κ3) is 4.74. The average molecular weight is 560 g/mol. The summed E-state index contributed by atoms with van der Waals surface area (Å²) >= 11 is 4.52. The quantitative estimate of drug-likeness (QED) is 0.212. The number of halogens is 1. The molecule has 0 fully saturated rings. The van der Waals surface area contributed by atoms with Gasteiger partial charge < -0.3 is 0 Å². The van der Waals surface area contributed by atoms with Crippen LogP contribution in [0, 0.1) is 5.41 Å². The molecule has 1 aliphatic rings. The predicted octanol–water partition coefficient (Wildman–Crippen LogP) is 8.03. The topological polar surface area (TPSA) is 17.1 Å². The minimum atomic E-state index is -2.99. The number of rotatable bonds is 7. The fourth-order valence-corrected chi connectivity index (χ4v) is 12.5. The van der Waals surface area contributed by atoms with E-state index in [0.29, 0.717) is 12.2 Å². The first-order valence-electron chi connectivity index (χ1n) is 12.7. The van der Waals surface area contributed by atoms with Gasteiger partial charge in [0, 0.05) is 0 Å². The van der Waals surface area contributed by atoms with E-state index in [0.717, 1.165) is 18.2 Å². The first-order chi connectivity index (χ1) is 17.2. The Hall–Kier alpha value is -2.54. The van der Waals surface area contributed by atoms with Crippen molar-refractivity contribution < 1.29 is 4.79 Å². The SMILES string of the molecule is CC1=C(/C=C/C(C)=C/CP(Br)(c2ccccc2)(c2ccccc2)c2ccccc2)C(C)(C)C(=O)CC1. The number of hydrogen-bond donors (Lipinski definition) is 0. The normalized spacial score (nSPS) is 17.8. The van der Waals surface area contributed by atoms with Crippen LogP contribution in [0.5, 0.6) is 0 Å². The molecule has 0 spiro atoms. The fraction of sp³-hybridized carbons (Fsp3) is 0.242. The molecule has 0 aliphatic heterocycles. The first-order valence-corrected chi connectivity index (χ1v) is 17.1. The average Bonchev–Trinajstić information content (AvgIpc) is 2.91. The molecular formula is C33H36BrOP. The van der Waals surface area contributed by atoms with E-state index in [4.69, 9.17) is 0 Å². The number of carbonyl (C=O) groups is 1. The van der Waals surface area contributed by atoms with Crippen molar-refractivity contribution >= 4 is 42.5 Å². The van der Waals surface area contributed by atoms with Gasteiger partial charge >= 0.3 is 225 Å². The third-order valence-corrected chi connectivity index (χ3v) is 17.3. The van der Waals surface area contributed by atoms with Crippen molar-refractivity contribution in [1.29, 1.82) is 0 Å². The molecule has 1 nitrogen and oxygen atoms in total. The van der Waals surface area contributed by atoms with Crippen LogP contribution in [0.1, 0.15) is 40.5 Å². The van der Waals surface area contributed by atoms with Gasteiger partial charge in [-0.15, -0.1) is 0 Å². The van der Waals surface area contributed by atoms with Gasteiger partial charge in [-0.2, -0.15) is 0 Å². The molecular weight excluding hydrogens is 523 g/mol. The van der Waals surface area contributed by atoms with Crippen molar-refractivity contribution in [2.24, 2.45) is 5.41 Å². The Morgan fingerprint density at radius 1 is 0.833 bits per heavy atom. The molecule has 0 saturated carbocycles. The molecule has 0 radical (unpaired) electrons. The molecule has 3 heteroatoms. The van der Waals surface area contributed by atoms with Crippen LogP contribution in [0.2, 0.25) is 0 Å². The van der Waals surface area contributed by atoms with Crippen molar-refractivity contribution in [3.8, 4) is 0 Å². The summed E-state index contributed by atoms with van der Waals surface area (Å²) in [6.45, 7) is 8.45. The Kier molecular flexibility index (Phi) is 7.69. The van der Waals surface area contributed by atoms with Crippen LogP contribution < -0.4 is 15.9 Å². The Labute approximate surface area is 224 Å². The van der Waals surface area contributed by atoms with E-state index in [1.54, 1.807) is 0 Å². The van der Waals surface area contributed by atoms with E-state index in [9.17, 15) is 4.79 Å². The zero-order valence-electron chi connectivity index (χ0n) is 21.7. The molecule has 0 amide bonds. The second-order valence-corrected chi connectivity index (χ2v) is 19.4. The zero-order chi connectivity index (χ0) is 25.8. The van der Waals surface area contributed by atoms with Gasteiger partial charge in [0.05, 0.1) is 0 Å². The number of ketones is 1. The number of Topliss-reactive ketones (excluding diaryl/α,β-unsaturated/α-hetero) is 1. The summed E-state index contributed by atoms with van der Waals surface area (Å²) in [5.74, 6) is 0.331. The van der Waals surface area contributed by atoms with Gasteiger partial charge in [0.2, 0.25) is 0 Å². The van der Waals surface area contributed by atoms with E-state index >= 15 is 0 Å². The van der Waals surface area contributed by atoms with Crippen LogP contribution in [0.15, 0.2) is 126 Å². The molecule has 0 saturated heterocycles. The van der Waals surface area contributed by atoms with Crippen molar-refractivity contribution in [2.45, 2.75) is 40.5 Å². The fourth-order valence-electron chi connectivity index (χ4n) is 5.36. The molecule has 0 atom stereocenters. The van der Waals surface area contributed by atoms with Crippen LogP contribution in [0.25, 0.3) is 0 Å². The molecule has 0 aromatic heterocycles. The molecule has 0 bridgehead atoms. The minimum absolute atomic E-state index is 0.331. The van der Waals surface area contributed by atoms with Gasteiger partial charge in [0.1, 0.15) is 0 Å². The number of allylic oxidation sites excluding steroid dienone is 6. The van der Waals surface area contributed by atoms with Gasteiger partial charge in [-0.25, -0.2) is 0 Å². The summed E-state index contributed by atoms with van der Waals surface area (Å²) in [4.78, 5) is 12.6. The van der Waals surface area contributed by atoms with Crippen LogP contribution in [-0.2, 0) is 4.79 Å². The molecule has 0 unspecified atom stereocenters. The van der Waals surface area contributed by atoms with Crippen molar-refractivity contribution in [3.05, 3.63) is 126 Å². The molecule has 0 heterocycles. The summed E-state index contributed by atoms with van der Waals surface area (Å²) in [6.07, 6.45) is 9.08. The second kappa shape index (κ2) is 10.4. The van der Waals surface area contributed by atoms with Crippen LogP contribution >= 0.6 is 20.8 Å². The number of hydrogen-bond acceptors (Lipinski definition) is 1. The molecule has 1 aliphatic carbocycles. The summed E-state index contributed by atoms with van der Waals surface area (Å²) < 4.78 is 0. The van der Waals surface area contributed by atoms with Crippen molar-refractivity contribution in [1.82, 2.24) is 0 Å². The van der Waals surface area contributed by atoms with Crippen LogP contribution in [0.3, 0.4) is 0 Å². The van der Waals surface area contributed by atoms with Gasteiger partial charge in [0.25, 0.3) is 0 Å². The number of benzene rings is 3. The van der Waals surface area contributed by atoms with Crippen LogP contribution in [-0.4, -0.2) is 11.9 Å². The molecule has 4 rings (SSSR count). The molecule has 3 aromatic rings. The maximum atomic E-state index is 12.6. The summed E-state index contributed by atoms with van der Waals surface area (Å²) in [5, 5.41) is 0.945. The summed E-state index contributed by atoms with van der Waals surface area (Å²) in [5.41, 5.74) is 3.25. The van der Waals surface area contributed by atoms with E-state index in [1.807, 2.05) is 0 Å². The maximum absolute atomic E-state index is 12.6. The van der Waals surface area contributed by atoms with E-state index in [2.05, 4.69) is 152 Å².